The number of hydrogen-bond acceptors (Lipinski definition) is 5. The predicted molar refractivity (Wildman–Crippen MR) is 111 cm³/mol. The summed E-state index contributed by atoms with van der Waals surface area (Å²) in [7, 11) is 0.659. The Morgan fingerprint density at radius 2 is 1.89 bits per heavy atom. The molecule has 0 aliphatic carbocycles. The van der Waals surface area contributed by atoms with E-state index in [2.05, 4.69) is 27.6 Å². The Hall–Kier alpha value is -1.64. The average Bonchev–Trinajstić information content (AvgIpc) is 2.63. The van der Waals surface area contributed by atoms with Crippen LogP contribution in [-0.2, 0) is 21.0 Å². The van der Waals surface area contributed by atoms with E-state index in [0.717, 1.165) is 63.7 Å². The van der Waals surface area contributed by atoms with Gasteiger partial charge in [-0.15, -0.1) is 0 Å². The van der Waals surface area contributed by atoms with E-state index in [4.69, 9.17) is 4.74 Å². The molecule has 0 radical (unpaired) electrons. The van der Waals surface area contributed by atoms with E-state index in [-0.39, 0.29) is 0 Å². The monoisotopic (exact) mass is 398 g/mol. The van der Waals surface area contributed by atoms with Crippen molar-refractivity contribution in [1.29, 1.82) is 0 Å². The SMILES string of the molecule is CCNC(=NCCCN(C)CCOC)NCCc1ccc(S(C)(=O)=O)cc1. The van der Waals surface area contributed by atoms with Crippen molar-refractivity contribution in [2.45, 2.75) is 24.7 Å². The fourth-order valence-electron chi connectivity index (χ4n) is 2.46. The summed E-state index contributed by atoms with van der Waals surface area (Å²) in [5.41, 5.74) is 1.09. The molecule has 0 fully saturated rings. The van der Waals surface area contributed by atoms with Crippen LogP contribution in [0.4, 0.5) is 0 Å². The highest BCUT2D eigenvalue weighted by molar-refractivity contribution is 7.90. The minimum Gasteiger partial charge on any atom is -0.383 e. The first-order valence-corrected chi connectivity index (χ1v) is 11.2. The van der Waals surface area contributed by atoms with Gasteiger partial charge in [-0.2, -0.15) is 0 Å². The average molecular weight is 399 g/mol. The first-order valence-electron chi connectivity index (χ1n) is 9.35. The van der Waals surface area contributed by atoms with Gasteiger partial charge in [-0.3, -0.25) is 4.99 Å². The molecule has 1 aromatic carbocycles. The number of sulfone groups is 1. The van der Waals surface area contributed by atoms with Gasteiger partial charge >= 0.3 is 0 Å². The van der Waals surface area contributed by atoms with E-state index in [9.17, 15) is 8.42 Å². The maximum atomic E-state index is 11.5. The van der Waals surface area contributed by atoms with Gasteiger partial charge in [0, 0.05) is 39.5 Å². The first-order chi connectivity index (χ1) is 12.9. The minimum absolute atomic E-state index is 0.351. The van der Waals surface area contributed by atoms with E-state index >= 15 is 0 Å². The molecule has 0 saturated heterocycles. The molecule has 0 spiro atoms. The van der Waals surface area contributed by atoms with Crippen molar-refractivity contribution in [3.8, 4) is 0 Å². The van der Waals surface area contributed by atoms with Crippen LogP contribution < -0.4 is 10.6 Å². The van der Waals surface area contributed by atoms with E-state index < -0.39 is 9.84 Å². The van der Waals surface area contributed by atoms with Crippen molar-refractivity contribution in [3.63, 3.8) is 0 Å². The van der Waals surface area contributed by atoms with Gasteiger partial charge in [0.1, 0.15) is 0 Å². The molecule has 2 N–H and O–H groups in total. The molecule has 0 amide bonds. The summed E-state index contributed by atoms with van der Waals surface area (Å²) in [6.45, 7) is 7.00. The zero-order valence-corrected chi connectivity index (χ0v) is 17.8. The highest BCUT2D eigenvalue weighted by Crippen LogP contribution is 2.10. The molecule has 27 heavy (non-hydrogen) atoms. The quantitative estimate of drug-likeness (QED) is 0.312. The van der Waals surface area contributed by atoms with Crippen molar-refractivity contribution in [3.05, 3.63) is 29.8 Å². The van der Waals surface area contributed by atoms with Gasteiger partial charge in [-0.25, -0.2) is 8.42 Å². The number of nitrogens with zero attached hydrogens (tertiary/aromatic N) is 2. The molecule has 1 aromatic rings. The van der Waals surface area contributed by atoms with Gasteiger partial charge in [0.05, 0.1) is 11.5 Å². The van der Waals surface area contributed by atoms with Crippen LogP contribution in [0.2, 0.25) is 0 Å². The Kier molecular flexibility index (Phi) is 11.0. The lowest BCUT2D eigenvalue weighted by Crippen LogP contribution is -2.38. The van der Waals surface area contributed by atoms with Crippen LogP contribution >= 0.6 is 0 Å². The van der Waals surface area contributed by atoms with Crippen molar-refractivity contribution >= 4 is 15.8 Å². The van der Waals surface area contributed by atoms with Gasteiger partial charge in [0.2, 0.25) is 0 Å². The summed E-state index contributed by atoms with van der Waals surface area (Å²) < 4.78 is 28.1. The number of nitrogens with one attached hydrogen (secondary N) is 2. The van der Waals surface area contributed by atoms with Gasteiger partial charge < -0.3 is 20.3 Å². The Morgan fingerprint density at radius 1 is 1.19 bits per heavy atom. The summed E-state index contributed by atoms with van der Waals surface area (Å²) in [4.78, 5) is 7.19. The smallest absolute Gasteiger partial charge is 0.191 e. The van der Waals surface area contributed by atoms with Gasteiger partial charge in [-0.05, 0) is 51.1 Å². The molecule has 0 heterocycles. The minimum atomic E-state index is -3.14. The third kappa shape index (κ3) is 10.3. The van der Waals surface area contributed by atoms with E-state index in [1.165, 1.54) is 6.26 Å². The molecule has 0 saturated carbocycles. The molecule has 1 rings (SSSR count). The van der Waals surface area contributed by atoms with Crippen molar-refractivity contribution in [1.82, 2.24) is 15.5 Å². The summed E-state index contributed by atoms with van der Waals surface area (Å²) >= 11 is 0. The van der Waals surface area contributed by atoms with Crippen LogP contribution in [0.1, 0.15) is 18.9 Å². The van der Waals surface area contributed by atoms with Crippen LogP contribution in [0.5, 0.6) is 0 Å². The van der Waals surface area contributed by atoms with Crippen LogP contribution in [0.15, 0.2) is 34.2 Å². The van der Waals surface area contributed by atoms with Crippen LogP contribution in [0, 0.1) is 0 Å². The second kappa shape index (κ2) is 12.7. The molecule has 8 heteroatoms. The van der Waals surface area contributed by atoms with Crippen LogP contribution in [0.3, 0.4) is 0 Å². The molecule has 0 aliphatic rings. The number of likely N-dealkylation sites (N-methyl/N-ethyl adjacent to an activating group) is 1. The lowest BCUT2D eigenvalue weighted by atomic mass is 10.1. The molecule has 0 unspecified atom stereocenters. The van der Waals surface area contributed by atoms with E-state index in [1.54, 1.807) is 19.2 Å². The molecule has 0 aliphatic heterocycles. The first kappa shape index (κ1) is 23.4. The number of ether oxygens (including phenoxy) is 1. The standard InChI is InChI=1S/C19H34N4O3S/c1-5-20-19(21-12-6-14-23(2)15-16-26-3)22-13-11-17-7-9-18(10-8-17)27(4,24)25/h7-10H,5-6,11-16H2,1-4H3,(H2,20,21,22). The molecule has 0 bridgehead atoms. The second-order valence-corrected chi connectivity index (χ2v) is 8.52. The zero-order chi connectivity index (χ0) is 20.1. The zero-order valence-electron chi connectivity index (χ0n) is 17.0. The fraction of sp³-hybridized carbons (Fsp3) is 0.632. The number of rotatable bonds is 12. The molecular formula is C19H34N4O3S. The summed E-state index contributed by atoms with van der Waals surface area (Å²) in [6, 6.07) is 7.03. The third-order valence-corrected chi connectivity index (χ3v) is 5.18. The van der Waals surface area contributed by atoms with Gasteiger partial charge in [0.25, 0.3) is 0 Å². The Bertz CT molecular complexity index is 660. The van der Waals surface area contributed by atoms with Crippen molar-refractivity contribution in [2.24, 2.45) is 4.99 Å². The van der Waals surface area contributed by atoms with Crippen LogP contribution in [0.25, 0.3) is 0 Å². The maximum Gasteiger partial charge on any atom is 0.191 e. The normalized spacial score (nSPS) is 12.4. The fourth-order valence-corrected chi connectivity index (χ4v) is 3.09. The topological polar surface area (TPSA) is 83.0 Å². The summed E-state index contributed by atoms with van der Waals surface area (Å²) in [6.07, 6.45) is 3.01. The number of guanidine groups is 1. The number of methoxy groups -OCH3 is 1. The largest absolute Gasteiger partial charge is 0.383 e. The van der Waals surface area contributed by atoms with Gasteiger partial charge in [0.15, 0.2) is 15.8 Å². The van der Waals surface area contributed by atoms with Gasteiger partial charge in [-0.1, -0.05) is 12.1 Å². The highest BCUT2D eigenvalue weighted by Gasteiger charge is 2.06. The Balaban J connectivity index is 2.39. The van der Waals surface area contributed by atoms with Crippen molar-refractivity contribution in [2.75, 3.05) is 59.7 Å². The Labute approximate surface area is 164 Å². The lowest BCUT2D eigenvalue weighted by Gasteiger charge is -2.15. The molecule has 0 aromatic heterocycles. The summed E-state index contributed by atoms with van der Waals surface area (Å²) in [5, 5.41) is 6.57. The summed E-state index contributed by atoms with van der Waals surface area (Å²) in [5.74, 6) is 0.810. The van der Waals surface area contributed by atoms with Crippen LogP contribution in [-0.4, -0.2) is 79.0 Å². The van der Waals surface area contributed by atoms with Crippen molar-refractivity contribution < 1.29 is 13.2 Å². The number of aliphatic imine (C=N–C) groups is 1. The lowest BCUT2D eigenvalue weighted by molar-refractivity contribution is 0.161. The molecular weight excluding hydrogens is 364 g/mol. The Morgan fingerprint density at radius 3 is 2.48 bits per heavy atom. The number of benzene rings is 1. The highest BCUT2D eigenvalue weighted by atomic mass is 32.2. The second-order valence-electron chi connectivity index (χ2n) is 6.50. The maximum absolute atomic E-state index is 11.5. The molecule has 0 atom stereocenters. The number of hydrogen-bond donors (Lipinski definition) is 2. The molecule has 154 valence electrons. The predicted octanol–water partition coefficient (Wildman–Crippen LogP) is 1.16. The van der Waals surface area contributed by atoms with E-state index in [0.29, 0.717) is 4.90 Å². The third-order valence-electron chi connectivity index (χ3n) is 4.05. The molecule has 7 nitrogen and oxygen atoms in total. The van der Waals surface area contributed by atoms with E-state index in [1.807, 2.05) is 19.1 Å².